The third-order valence-corrected chi connectivity index (χ3v) is 6.22. The third-order valence-electron chi connectivity index (χ3n) is 5.49. The molecule has 0 saturated heterocycles. The Kier molecular flexibility index (Phi) is 7.00. The molecule has 0 unspecified atom stereocenters. The number of hydrogen-bond acceptors (Lipinski definition) is 4. The van der Waals surface area contributed by atoms with Gasteiger partial charge in [-0.15, -0.1) is 0 Å². The number of hydrogen-bond donors (Lipinski definition) is 0. The van der Waals surface area contributed by atoms with E-state index in [2.05, 4.69) is 69.3 Å². The molecule has 2 rings (SSSR count). The molecule has 0 aromatic carbocycles. The maximum Gasteiger partial charge on any atom is 0.349 e. The average Bonchev–Trinajstić information content (AvgIpc) is 2.74. The van der Waals surface area contributed by atoms with Gasteiger partial charge in [-0.3, -0.25) is 0 Å². The lowest BCUT2D eigenvalue weighted by molar-refractivity contribution is -0.186. The number of carbonyl (C=O) groups is 1. The van der Waals surface area contributed by atoms with Crippen molar-refractivity contribution in [3.05, 3.63) is 10.2 Å². The van der Waals surface area contributed by atoms with E-state index in [0.29, 0.717) is 22.2 Å². The summed E-state index contributed by atoms with van der Waals surface area (Å²) >= 11 is 3.45. The first-order valence-electron chi connectivity index (χ1n) is 9.67. The van der Waals surface area contributed by atoms with Crippen molar-refractivity contribution in [1.29, 1.82) is 0 Å². The molecule has 4 nitrogen and oxygen atoms in total. The summed E-state index contributed by atoms with van der Waals surface area (Å²) in [5.74, 6) is 1.41. The van der Waals surface area contributed by atoms with Gasteiger partial charge in [-0.1, -0.05) is 27.2 Å². The zero-order valence-corrected chi connectivity index (χ0v) is 18.3. The molecule has 2 aliphatic rings. The lowest BCUT2D eigenvalue weighted by Crippen LogP contribution is -2.43. The molecule has 0 bridgehead atoms. The van der Waals surface area contributed by atoms with Gasteiger partial charge in [0.1, 0.15) is 10.2 Å². The molecule has 0 spiro atoms. The van der Waals surface area contributed by atoms with E-state index >= 15 is 0 Å². The molecule has 0 N–H and O–H groups in total. The van der Waals surface area contributed by atoms with Crippen molar-refractivity contribution in [2.75, 3.05) is 0 Å². The maximum atomic E-state index is 12.2. The number of nitrogens with zero attached hydrogens (tertiary/aromatic N) is 1. The second-order valence-corrected chi connectivity index (χ2v) is 9.32. The lowest BCUT2D eigenvalue weighted by atomic mass is 9.75. The van der Waals surface area contributed by atoms with Crippen LogP contribution in [0.25, 0.3) is 0 Å². The number of esters is 1. The highest BCUT2D eigenvalue weighted by Crippen LogP contribution is 2.39. The molecule has 144 valence electrons. The fourth-order valence-electron chi connectivity index (χ4n) is 4.32. The van der Waals surface area contributed by atoms with Crippen molar-refractivity contribution in [1.82, 2.24) is 4.90 Å². The summed E-state index contributed by atoms with van der Waals surface area (Å²) in [6.07, 6.45) is 3.00. The summed E-state index contributed by atoms with van der Waals surface area (Å²) in [7, 11) is 0. The van der Waals surface area contributed by atoms with Gasteiger partial charge in [-0.05, 0) is 74.2 Å². The molecule has 25 heavy (non-hydrogen) atoms. The Morgan fingerprint density at radius 1 is 1.12 bits per heavy atom. The second kappa shape index (κ2) is 8.43. The normalized spacial score (nSPS) is 30.6. The van der Waals surface area contributed by atoms with Crippen LogP contribution >= 0.6 is 15.9 Å². The number of halogens is 1. The fraction of sp³-hybridized carbons (Fsp3) is 0.850. The van der Waals surface area contributed by atoms with E-state index < -0.39 is 6.29 Å². The van der Waals surface area contributed by atoms with Crippen molar-refractivity contribution in [3.8, 4) is 0 Å². The first-order valence-corrected chi connectivity index (χ1v) is 10.5. The largest absolute Gasteiger partial charge is 0.426 e. The second-order valence-electron chi connectivity index (χ2n) is 8.53. The quantitative estimate of drug-likeness (QED) is 0.567. The molecule has 4 atom stereocenters. The van der Waals surface area contributed by atoms with E-state index in [9.17, 15) is 4.79 Å². The number of ether oxygens (including phenoxy) is 2. The molecule has 0 radical (unpaired) electrons. The maximum absolute atomic E-state index is 12.2. The van der Waals surface area contributed by atoms with Crippen LogP contribution in [0.15, 0.2) is 10.2 Å². The topological polar surface area (TPSA) is 38.8 Å². The molecule has 0 amide bonds. The zero-order chi connectivity index (χ0) is 18.9. The van der Waals surface area contributed by atoms with Crippen molar-refractivity contribution in [2.45, 2.75) is 92.2 Å². The lowest BCUT2D eigenvalue weighted by Gasteiger charge is -2.40. The molecule has 1 aliphatic heterocycles. The van der Waals surface area contributed by atoms with Gasteiger partial charge < -0.3 is 14.4 Å². The summed E-state index contributed by atoms with van der Waals surface area (Å²) in [5, 5.41) is 0. The molecular weight excluding hydrogens is 382 g/mol. The Bertz CT molecular complexity index is 507. The van der Waals surface area contributed by atoms with Crippen molar-refractivity contribution in [3.63, 3.8) is 0 Å². The smallest absolute Gasteiger partial charge is 0.349 e. The molecular formula is C20H34BrNO3. The van der Waals surface area contributed by atoms with Crippen LogP contribution in [0.1, 0.15) is 67.7 Å². The first-order chi connectivity index (χ1) is 11.6. The van der Waals surface area contributed by atoms with Crippen molar-refractivity contribution in [2.24, 2.45) is 17.8 Å². The van der Waals surface area contributed by atoms with Gasteiger partial charge in [0.2, 0.25) is 6.29 Å². The third kappa shape index (κ3) is 4.60. The molecule has 0 aromatic heterocycles. The summed E-state index contributed by atoms with van der Waals surface area (Å²) in [6.45, 7) is 15.3. The van der Waals surface area contributed by atoms with E-state index in [1.54, 1.807) is 0 Å². The SMILES string of the molecule is CC(C)[C@@H]1CC[C@@H](C)C[C@H]1O[C@H]1OC(=O)C(Br)=C1N(C(C)C)C(C)C. The minimum Gasteiger partial charge on any atom is -0.426 e. The molecule has 1 heterocycles. The Hall–Kier alpha value is -0.550. The highest BCUT2D eigenvalue weighted by molar-refractivity contribution is 9.12. The van der Waals surface area contributed by atoms with E-state index in [1.807, 2.05) is 0 Å². The van der Waals surface area contributed by atoms with Crippen LogP contribution in [0.2, 0.25) is 0 Å². The van der Waals surface area contributed by atoms with Crippen LogP contribution in [-0.4, -0.2) is 35.3 Å². The van der Waals surface area contributed by atoms with Gasteiger partial charge in [0.25, 0.3) is 0 Å². The van der Waals surface area contributed by atoms with E-state index in [-0.39, 0.29) is 24.2 Å². The molecule has 1 fully saturated rings. The minimum absolute atomic E-state index is 0.135. The highest BCUT2D eigenvalue weighted by atomic mass is 79.9. The molecule has 0 aromatic rings. The monoisotopic (exact) mass is 415 g/mol. The van der Waals surface area contributed by atoms with Crippen LogP contribution in [0.4, 0.5) is 0 Å². The van der Waals surface area contributed by atoms with Crippen LogP contribution < -0.4 is 0 Å². The van der Waals surface area contributed by atoms with Gasteiger partial charge in [-0.25, -0.2) is 4.79 Å². The molecule has 1 aliphatic carbocycles. The number of rotatable bonds is 6. The van der Waals surface area contributed by atoms with E-state index in [0.717, 1.165) is 12.1 Å². The van der Waals surface area contributed by atoms with Crippen molar-refractivity contribution < 1.29 is 14.3 Å². The molecule has 1 saturated carbocycles. The Balaban J connectivity index is 2.26. The summed E-state index contributed by atoms with van der Waals surface area (Å²) < 4.78 is 12.6. The number of carbonyl (C=O) groups excluding carboxylic acids is 1. The van der Waals surface area contributed by atoms with Crippen LogP contribution in [-0.2, 0) is 14.3 Å². The highest BCUT2D eigenvalue weighted by Gasteiger charge is 2.42. The fourth-order valence-corrected chi connectivity index (χ4v) is 4.81. The standard InChI is InChI=1S/C20H34BrNO3/c1-11(2)15-9-8-14(7)10-16(15)24-20-18(17(21)19(23)25-20)22(12(3)4)13(5)6/h11-16,20H,8-10H2,1-7H3/t14-,15+,16-,20+/m1/s1. The van der Waals surface area contributed by atoms with Crippen molar-refractivity contribution >= 4 is 21.9 Å². The number of cyclic esters (lactones) is 1. The van der Waals surface area contributed by atoms with Gasteiger partial charge in [-0.2, -0.15) is 0 Å². The van der Waals surface area contributed by atoms with Gasteiger partial charge in [0, 0.05) is 12.1 Å². The summed E-state index contributed by atoms with van der Waals surface area (Å²) in [4.78, 5) is 14.5. The summed E-state index contributed by atoms with van der Waals surface area (Å²) in [5.41, 5.74) is 0.843. The van der Waals surface area contributed by atoms with Gasteiger partial charge >= 0.3 is 5.97 Å². The first kappa shape index (κ1) is 20.8. The molecule has 5 heteroatoms. The van der Waals surface area contributed by atoms with E-state index in [4.69, 9.17) is 9.47 Å². The van der Waals surface area contributed by atoms with E-state index in [1.165, 1.54) is 12.8 Å². The van der Waals surface area contributed by atoms with Crippen LogP contribution in [0, 0.1) is 17.8 Å². The predicted octanol–water partition coefficient (Wildman–Crippen LogP) is 5.07. The predicted molar refractivity (Wildman–Crippen MR) is 104 cm³/mol. The van der Waals surface area contributed by atoms with Gasteiger partial charge in [0.05, 0.1) is 6.10 Å². The van der Waals surface area contributed by atoms with Gasteiger partial charge in [0.15, 0.2) is 0 Å². The van der Waals surface area contributed by atoms with Crippen LogP contribution in [0.5, 0.6) is 0 Å². The Morgan fingerprint density at radius 3 is 2.24 bits per heavy atom. The summed E-state index contributed by atoms with van der Waals surface area (Å²) in [6, 6.07) is 0.517. The zero-order valence-electron chi connectivity index (χ0n) is 16.7. The van der Waals surface area contributed by atoms with Crippen LogP contribution in [0.3, 0.4) is 0 Å². The Labute approximate surface area is 161 Å². The minimum atomic E-state index is -0.608. The Morgan fingerprint density at radius 2 is 1.72 bits per heavy atom. The average molecular weight is 416 g/mol.